The summed E-state index contributed by atoms with van der Waals surface area (Å²) in [5.74, 6) is -0.975. The van der Waals surface area contributed by atoms with Crippen molar-refractivity contribution >= 4 is 11.9 Å². The number of carbonyl (C=O) groups is 2. The van der Waals surface area contributed by atoms with Crippen molar-refractivity contribution in [2.24, 2.45) is 0 Å². The molecule has 4 nitrogen and oxygen atoms in total. The van der Waals surface area contributed by atoms with Crippen LogP contribution in [-0.4, -0.2) is 26.2 Å². The topological polar surface area (TPSA) is 52.6 Å². The van der Waals surface area contributed by atoms with Crippen LogP contribution < -0.4 is 0 Å². The van der Waals surface area contributed by atoms with Crippen molar-refractivity contribution in [1.82, 2.24) is 0 Å². The molecule has 0 bridgehead atoms. The molecule has 0 heterocycles. The number of methoxy groups -OCH3 is 2. The molecule has 0 saturated heterocycles. The molecular weight excluding hydrogens is 256 g/mol. The van der Waals surface area contributed by atoms with Gasteiger partial charge in [-0.1, -0.05) is 19.9 Å². The number of fused-ring (bicyclic) bond motifs is 1. The molecule has 1 aromatic rings. The summed E-state index contributed by atoms with van der Waals surface area (Å²) in [5, 5.41) is 0. The Morgan fingerprint density at radius 1 is 1.10 bits per heavy atom. The van der Waals surface area contributed by atoms with E-state index in [0.717, 1.165) is 30.4 Å². The van der Waals surface area contributed by atoms with Gasteiger partial charge in [0.15, 0.2) is 0 Å². The monoisotopic (exact) mass is 276 g/mol. The Labute approximate surface area is 119 Å². The van der Waals surface area contributed by atoms with Crippen molar-refractivity contribution in [3.8, 4) is 0 Å². The second-order valence-electron chi connectivity index (χ2n) is 5.73. The molecule has 1 aromatic carbocycles. The molecule has 1 aliphatic rings. The lowest BCUT2D eigenvalue weighted by Gasteiger charge is -2.33. The minimum atomic E-state index is -0.503. The molecule has 0 N–H and O–H groups in total. The zero-order valence-electron chi connectivity index (χ0n) is 12.4. The SMILES string of the molecule is COC(=O)c1ccc2c(c1C(=O)OC)CCCC2(C)C. The minimum absolute atomic E-state index is 0.00496. The molecule has 0 radical (unpaired) electrons. The minimum Gasteiger partial charge on any atom is -0.465 e. The molecule has 20 heavy (non-hydrogen) atoms. The van der Waals surface area contributed by atoms with Crippen molar-refractivity contribution in [2.75, 3.05) is 14.2 Å². The number of hydrogen-bond donors (Lipinski definition) is 0. The van der Waals surface area contributed by atoms with Crippen LogP contribution in [0.4, 0.5) is 0 Å². The zero-order valence-corrected chi connectivity index (χ0v) is 12.4. The number of benzene rings is 1. The maximum absolute atomic E-state index is 12.1. The largest absolute Gasteiger partial charge is 0.465 e. The van der Waals surface area contributed by atoms with Gasteiger partial charge in [0.25, 0.3) is 0 Å². The summed E-state index contributed by atoms with van der Waals surface area (Å²) in [5.41, 5.74) is 2.71. The Hall–Kier alpha value is -1.84. The Kier molecular flexibility index (Phi) is 3.84. The van der Waals surface area contributed by atoms with Crippen LogP contribution in [0.1, 0.15) is 58.5 Å². The van der Waals surface area contributed by atoms with Crippen LogP contribution in [0.2, 0.25) is 0 Å². The lowest BCUT2D eigenvalue weighted by molar-refractivity contribution is 0.0553. The molecule has 0 aromatic heterocycles. The maximum atomic E-state index is 12.1. The van der Waals surface area contributed by atoms with E-state index in [0.29, 0.717) is 5.56 Å². The standard InChI is InChI=1S/C16H20O4/c1-16(2)9-5-6-10-12(16)8-7-11(14(17)19-3)13(10)15(18)20-4/h7-8H,5-6,9H2,1-4H3. The smallest absolute Gasteiger partial charge is 0.339 e. The van der Waals surface area contributed by atoms with Gasteiger partial charge in [-0.15, -0.1) is 0 Å². The van der Waals surface area contributed by atoms with Crippen molar-refractivity contribution in [2.45, 2.75) is 38.5 Å². The molecule has 0 atom stereocenters. The van der Waals surface area contributed by atoms with Crippen LogP contribution in [0.5, 0.6) is 0 Å². The molecule has 0 fully saturated rings. The second kappa shape index (κ2) is 5.27. The lowest BCUT2D eigenvalue weighted by Crippen LogP contribution is -2.27. The van der Waals surface area contributed by atoms with Crippen LogP contribution in [0.15, 0.2) is 12.1 Å². The molecule has 0 unspecified atom stereocenters. The second-order valence-corrected chi connectivity index (χ2v) is 5.73. The first kappa shape index (κ1) is 14.6. The maximum Gasteiger partial charge on any atom is 0.339 e. The fraction of sp³-hybridized carbons (Fsp3) is 0.500. The van der Waals surface area contributed by atoms with Crippen LogP contribution >= 0.6 is 0 Å². The average molecular weight is 276 g/mol. The molecule has 2 rings (SSSR count). The van der Waals surface area contributed by atoms with Crippen LogP contribution in [0, 0.1) is 0 Å². The summed E-state index contributed by atoms with van der Waals surface area (Å²) >= 11 is 0. The van der Waals surface area contributed by atoms with E-state index >= 15 is 0 Å². The van der Waals surface area contributed by atoms with Gasteiger partial charge in [0.2, 0.25) is 0 Å². The van der Waals surface area contributed by atoms with Crippen molar-refractivity contribution in [1.29, 1.82) is 0 Å². The van der Waals surface area contributed by atoms with Gasteiger partial charge in [-0.05, 0) is 41.9 Å². The highest BCUT2D eigenvalue weighted by atomic mass is 16.5. The quantitative estimate of drug-likeness (QED) is 0.779. The number of hydrogen-bond acceptors (Lipinski definition) is 4. The van der Waals surface area contributed by atoms with E-state index in [1.165, 1.54) is 14.2 Å². The Morgan fingerprint density at radius 3 is 2.35 bits per heavy atom. The van der Waals surface area contributed by atoms with E-state index in [-0.39, 0.29) is 11.0 Å². The highest BCUT2D eigenvalue weighted by Gasteiger charge is 2.33. The normalized spacial score (nSPS) is 16.2. The van der Waals surface area contributed by atoms with Crippen molar-refractivity contribution in [3.63, 3.8) is 0 Å². The summed E-state index contributed by atoms with van der Waals surface area (Å²) in [6.45, 7) is 4.31. The molecule has 108 valence electrons. The van der Waals surface area contributed by atoms with E-state index in [9.17, 15) is 9.59 Å². The summed E-state index contributed by atoms with van der Waals surface area (Å²) in [6.07, 6.45) is 2.85. The summed E-state index contributed by atoms with van der Waals surface area (Å²) in [7, 11) is 2.64. The first-order valence-corrected chi connectivity index (χ1v) is 6.75. The van der Waals surface area contributed by atoms with E-state index in [2.05, 4.69) is 13.8 Å². The molecule has 1 aliphatic carbocycles. The van der Waals surface area contributed by atoms with Gasteiger partial charge in [0.1, 0.15) is 0 Å². The van der Waals surface area contributed by atoms with Crippen molar-refractivity contribution in [3.05, 3.63) is 34.4 Å². The summed E-state index contributed by atoms with van der Waals surface area (Å²) in [6, 6.07) is 3.61. The van der Waals surface area contributed by atoms with E-state index in [1.54, 1.807) is 6.07 Å². The number of carbonyl (C=O) groups excluding carboxylic acids is 2. The van der Waals surface area contributed by atoms with Crippen LogP contribution in [-0.2, 0) is 21.3 Å². The Morgan fingerprint density at radius 2 is 1.75 bits per heavy atom. The van der Waals surface area contributed by atoms with Gasteiger partial charge in [-0.2, -0.15) is 0 Å². The van der Waals surface area contributed by atoms with Crippen LogP contribution in [0.25, 0.3) is 0 Å². The van der Waals surface area contributed by atoms with E-state index in [4.69, 9.17) is 9.47 Å². The molecule has 0 spiro atoms. The third kappa shape index (κ3) is 2.30. The molecule has 0 saturated carbocycles. The van der Waals surface area contributed by atoms with Gasteiger partial charge >= 0.3 is 11.9 Å². The Bertz CT molecular complexity index is 558. The number of ether oxygens (including phenoxy) is 2. The third-order valence-electron chi connectivity index (χ3n) is 4.07. The average Bonchev–Trinajstić information content (AvgIpc) is 2.44. The van der Waals surface area contributed by atoms with Gasteiger partial charge in [0, 0.05) is 0 Å². The fourth-order valence-electron chi connectivity index (χ4n) is 3.00. The number of esters is 2. The zero-order chi connectivity index (χ0) is 14.9. The summed E-state index contributed by atoms with van der Waals surface area (Å²) in [4.78, 5) is 24.0. The highest BCUT2D eigenvalue weighted by Crippen LogP contribution is 2.39. The first-order valence-electron chi connectivity index (χ1n) is 6.75. The highest BCUT2D eigenvalue weighted by molar-refractivity contribution is 6.04. The third-order valence-corrected chi connectivity index (χ3v) is 4.07. The van der Waals surface area contributed by atoms with E-state index < -0.39 is 11.9 Å². The van der Waals surface area contributed by atoms with E-state index in [1.807, 2.05) is 6.07 Å². The first-order chi connectivity index (χ1) is 9.42. The fourth-order valence-corrected chi connectivity index (χ4v) is 3.00. The van der Waals surface area contributed by atoms with Crippen LogP contribution in [0.3, 0.4) is 0 Å². The Balaban J connectivity index is 2.70. The molecule has 0 amide bonds. The predicted molar refractivity (Wildman–Crippen MR) is 75.1 cm³/mol. The van der Waals surface area contributed by atoms with Crippen molar-refractivity contribution < 1.29 is 19.1 Å². The number of rotatable bonds is 2. The molecular formula is C16H20O4. The molecule has 4 heteroatoms. The predicted octanol–water partition coefficient (Wildman–Crippen LogP) is 2.87. The summed E-state index contributed by atoms with van der Waals surface area (Å²) < 4.78 is 9.63. The van der Waals surface area contributed by atoms with Gasteiger partial charge in [0.05, 0.1) is 25.3 Å². The van der Waals surface area contributed by atoms with Gasteiger partial charge in [-0.25, -0.2) is 9.59 Å². The van der Waals surface area contributed by atoms with Gasteiger partial charge in [-0.3, -0.25) is 0 Å². The lowest BCUT2D eigenvalue weighted by atomic mass is 9.71. The van der Waals surface area contributed by atoms with Gasteiger partial charge < -0.3 is 9.47 Å². The molecule has 0 aliphatic heterocycles.